The Balaban J connectivity index is 1.48. The number of hydrogen-bond acceptors (Lipinski definition) is 4. The highest BCUT2D eigenvalue weighted by molar-refractivity contribution is 7.22. The molecule has 0 saturated heterocycles. The molecule has 3 N–H and O–H groups in total. The summed E-state index contributed by atoms with van der Waals surface area (Å²) in [5, 5.41) is 17.2. The number of thiophene rings is 1. The van der Waals surface area contributed by atoms with E-state index < -0.39 is 7.12 Å². The number of nitrogens with one attached hydrogen (secondary N) is 2. The van der Waals surface area contributed by atoms with Crippen molar-refractivity contribution in [3.63, 3.8) is 0 Å². The third-order valence-electron chi connectivity index (χ3n) is 3.73. The molecule has 0 atom stereocenters. The summed E-state index contributed by atoms with van der Waals surface area (Å²) in [5.41, 5.74) is 2.25. The van der Waals surface area contributed by atoms with Crippen LogP contribution < -0.4 is 16.1 Å². The lowest BCUT2D eigenvalue weighted by Crippen LogP contribution is -2.29. The van der Waals surface area contributed by atoms with E-state index in [-0.39, 0.29) is 6.03 Å². The minimum Gasteiger partial charge on any atom is -0.423 e. The molecule has 1 aliphatic rings. The second-order valence-corrected chi connectivity index (χ2v) is 6.39. The number of fused-ring (bicyclic) bond motifs is 2. The van der Waals surface area contributed by atoms with Crippen molar-refractivity contribution < 1.29 is 14.5 Å². The van der Waals surface area contributed by atoms with Crippen molar-refractivity contribution in [2.75, 3.05) is 10.6 Å². The van der Waals surface area contributed by atoms with Crippen molar-refractivity contribution in [1.29, 1.82) is 0 Å². The van der Waals surface area contributed by atoms with Gasteiger partial charge in [0.1, 0.15) is 0 Å². The van der Waals surface area contributed by atoms with Crippen LogP contribution in [0.3, 0.4) is 0 Å². The van der Waals surface area contributed by atoms with Crippen LogP contribution in [0.15, 0.2) is 48.5 Å². The second-order valence-electron chi connectivity index (χ2n) is 5.30. The fourth-order valence-corrected chi connectivity index (χ4v) is 3.57. The van der Waals surface area contributed by atoms with Gasteiger partial charge in [-0.2, -0.15) is 0 Å². The zero-order valence-corrected chi connectivity index (χ0v) is 12.9. The van der Waals surface area contributed by atoms with Crippen LogP contribution in [-0.2, 0) is 11.3 Å². The van der Waals surface area contributed by atoms with Gasteiger partial charge in [0.25, 0.3) is 0 Å². The Kier molecular flexibility index (Phi) is 3.53. The summed E-state index contributed by atoms with van der Waals surface area (Å²) in [6.45, 7) is 0.394. The number of urea groups is 1. The maximum Gasteiger partial charge on any atom is 0.491 e. The highest BCUT2D eigenvalue weighted by atomic mass is 32.1. The highest BCUT2D eigenvalue weighted by Crippen LogP contribution is 2.29. The van der Waals surface area contributed by atoms with E-state index in [9.17, 15) is 9.82 Å². The smallest absolute Gasteiger partial charge is 0.423 e. The van der Waals surface area contributed by atoms with Gasteiger partial charge in [-0.15, -0.1) is 11.3 Å². The summed E-state index contributed by atoms with van der Waals surface area (Å²) in [6, 6.07) is 15.0. The van der Waals surface area contributed by atoms with Gasteiger partial charge in [-0.1, -0.05) is 24.3 Å². The fraction of sp³-hybridized carbons (Fsp3) is 0.0625. The molecular formula is C16H13BN2O3S. The van der Waals surface area contributed by atoms with Crippen molar-refractivity contribution in [3.8, 4) is 0 Å². The number of amides is 2. The van der Waals surface area contributed by atoms with Gasteiger partial charge in [0, 0.05) is 10.4 Å². The molecule has 3 aromatic rings. The van der Waals surface area contributed by atoms with Crippen LogP contribution >= 0.6 is 11.3 Å². The van der Waals surface area contributed by atoms with Crippen LogP contribution in [0, 0.1) is 0 Å². The molecule has 23 heavy (non-hydrogen) atoms. The average molecular weight is 324 g/mol. The standard InChI is InChI=1S/C16H13BN2O3S/c20-16(19-15-7-10-3-1-2-4-14(10)23-15)18-12-6-5-11-9-22-17(21)13(11)8-12/h1-8,21H,9H2,(H2,18,19,20). The summed E-state index contributed by atoms with van der Waals surface area (Å²) < 4.78 is 6.27. The second kappa shape index (κ2) is 5.70. The maximum absolute atomic E-state index is 12.1. The Hall–Kier alpha value is -2.35. The van der Waals surface area contributed by atoms with E-state index in [1.807, 2.05) is 36.4 Å². The van der Waals surface area contributed by atoms with E-state index in [4.69, 9.17) is 4.65 Å². The van der Waals surface area contributed by atoms with Crippen molar-refractivity contribution >= 4 is 50.7 Å². The molecule has 0 radical (unpaired) electrons. The Morgan fingerprint density at radius 2 is 2.04 bits per heavy atom. The molecule has 0 saturated carbocycles. The molecule has 0 fully saturated rings. The lowest BCUT2D eigenvalue weighted by molar-refractivity contribution is 0.262. The van der Waals surface area contributed by atoms with Gasteiger partial charge >= 0.3 is 13.1 Å². The van der Waals surface area contributed by atoms with E-state index >= 15 is 0 Å². The summed E-state index contributed by atoms with van der Waals surface area (Å²) in [6.07, 6.45) is 0. The van der Waals surface area contributed by atoms with E-state index in [1.165, 1.54) is 11.3 Å². The van der Waals surface area contributed by atoms with Crippen molar-refractivity contribution in [3.05, 3.63) is 54.1 Å². The molecule has 7 heteroatoms. The first-order valence-corrected chi connectivity index (χ1v) is 8.00. The lowest BCUT2D eigenvalue weighted by Gasteiger charge is -2.07. The first-order valence-electron chi connectivity index (χ1n) is 7.18. The lowest BCUT2D eigenvalue weighted by atomic mass is 9.79. The quantitative estimate of drug-likeness (QED) is 0.635. The topological polar surface area (TPSA) is 70.6 Å². The van der Waals surface area contributed by atoms with Crippen molar-refractivity contribution in [1.82, 2.24) is 0 Å². The molecule has 5 nitrogen and oxygen atoms in total. The molecule has 1 aliphatic heterocycles. The molecule has 4 rings (SSSR count). The number of benzene rings is 2. The molecule has 2 heterocycles. The van der Waals surface area contributed by atoms with Crippen LogP contribution in [0.1, 0.15) is 5.56 Å². The monoisotopic (exact) mass is 324 g/mol. The molecule has 1 aromatic heterocycles. The van der Waals surface area contributed by atoms with Gasteiger partial charge in [0.15, 0.2) is 0 Å². The average Bonchev–Trinajstić information content (AvgIpc) is 3.10. The van der Waals surface area contributed by atoms with Gasteiger partial charge in [-0.3, -0.25) is 5.32 Å². The Morgan fingerprint density at radius 1 is 1.17 bits per heavy atom. The largest absolute Gasteiger partial charge is 0.491 e. The number of carbonyl (C=O) groups excluding carboxylic acids is 1. The summed E-state index contributed by atoms with van der Waals surface area (Å²) in [7, 11) is -0.919. The molecule has 2 amide bonds. The summed E-state index contributed by atoms with van der Waals surface area (Å²) in [5.74, 6) is 0. The highest BCUT2D eigenvalue weighted by Gasteiger charge is 2.27. The zero-order chi connectivity index (χ0) is 15.8. The molecule has 0 unspecified atom stereocenters. The minimum atomic E-state index is -0.919. The fourth-order valence-electron chi connectivity index (χ4n) is 2.61. The number of rotatable bonds is 2. The molecule has 0 aliphatic carbocycles. The van der Waals surface area contributed by atoms with Crippen LogP contribution in [0.5, 0.6) is 0 Å². The van der Waals surface area contributed by atoms with Gasteiger partial charge in [0.2, 0.25) is 0 Å². The first kappa shape index (κ1) is 14.3. The van der Waals surface area contributed by atoms with E-state index in [2.05, 4.69) is 10.6 Å². The van der Waals surface area contributed by atoms with Gasteiger partial charge < -0.3 is 15.0 Å². The van der Waals surface area contributed by atoms with E-state index in [0.29, 0.717) is 17.8 Å². The number of carbonyl (C=O) groups is 1. The van der Waals surface area contributed by atoms with Crippen LogP contribution in [-0.4, -0.2) is 18.2 Å². The van der Waals surface area contributed by atoms with Crippen LogP contribution in [0.25, 0.3) is 10.1 Å². The maximum atomic E-state index is 12.1. The summed E-state index contributed by atoms with van der Waals surface area (Å²) in [4.78, 5) is 12.1. The van der Waals surface area contributed by atoms with E-state index in [1.54, 1.807) is 12.1 Å². The number of anilines is 2. The predicted molar refractivity (Wildman–Crippen MR) is 93.3 cm³/mol. The molecule has 0 spiro atoms. The Morgan fingerprint density at radius 3 is 2.91 bits per heavy atom. The predicted octanol–water partition coefficient (Wildman–Crippen LogP) is 2.76. The van der Waals surface area contributed by atoms with Crippen LogP contribution in [0.4, 0.5) is 15.5 Å². The molecular weight excluding hydrogens is 311 g/mol. The normalized spacial score (nSPS) is 13.2. The summed E-state index contributed by atoms with van der Waals surface area (Å²) >= 11 is 1.52. The Bertz CT molecular complexity index is 863. The minimum absolute atomic E-state index is 0.315. The first-order chi connectivity index (χ1) is 11.2. The Labute approximate surface area is 137 Å². The SMILES string of the molecule is O=C(Nc1ccc2c(c1)B(O)OC2)Nc1cc2ccccc2s1. The molecule has 0 bridgehead atoms. The third-order valence-corrected chi connectivity index (χ3v) is 4.76. The molecule has 2 aromatic carbocycles. The third kappa shape index (κ3) is 2.81. The van der Waals surface area contributed by atoms with Crippen LogP contribution in [0.2, 0.25) is 0 Å². The van der Waals surface area contributed by atoms with Crippen molar-refractivity contribution in [2.24, 2.45) is 0 Å². The van der Waals surface area contributed by atoms with Gasteiger partial charge in [-0.05, 0) is 40.7 Å². The van der Waals surface area contributed by atoms with Crippen molar-refractivity contribution in [2.45, 2.75) is 6.61 Å². The zero-order valence-electron chi connectivity index (χ0n) is 12.1. The van der Waals surface area contributed by atoms with Gasteiger partial charge in [-0.25, -0.2) is 4.79 Å². The molecule has 114 valence electrons. The van der Waals surface area contributed by atoms with E-state index in [0.717, 1.165) is 20.7 Å². The number of hydrogen-bond donors (Lipinski definition) is 3. The van der Waals surface area contributed by atoms with Gasteiger partial charge in [0.05, 0.1) is 11.6 Å².